The lowest BCUT2D eigenvalue weighted by Gasteiger charge is -2.15. The molecule has 0 saturated heterocycles. The lowest BCUT2D eigenvalue weighted by Crippen LogP contribution is -2.26. The number of anilines is 1. The van der Waals surface area contributed by atoms with Gasteiger partial charge in [-0.15, -0.1) is 0 Å². The van der Waals surface area contributed by atoms with Crippen molar-refractivity contribution in [2.45, 2.75) is 13.0 Å². The highest BCUT2D eigenvalue weighted by Crippen LogP contribution is 2.20. The summed E-state index contributed by atoms with van der Waals surface area (Å²) in [7, 11) is 0. The van der Waals surface area contributed by atoms with E-state index in [0.717, 1.165) is 11.3 Å². The maximum atomic E-state index is 12.7. The number of ether oxygens (including phenoxy) is 1. The van der Waals surface area contributed by atoms with Gasteiger partial charge in [-0.3, -0.25) is 0 Å². The Bertz CT molecular complexity index is 589. The van der Waals surface area contributed by atoms with Crippen LogP contribution in [0.5, 0.6) is 5.75 Å². The van der Waals surface area contributed by atoms with Crippen molar-refractivity contribution in [1.82, 2.24) is 0 Å². The number of nitrogens with one attached hydrogen (secondary N) is 1. The number of aliphatic hydroxyl groups is 1. The summed E-state index contributed by atoms with van der Waals surface area (Å²) in [5.74, 6) is 0.204. The lowest BCUT2D eigenvalue weighted by molar-refractivity contribution is 0.117. The first kappa shape index (κ1) is 15.6. The van der Waals surface area contributed by atoms with Gasteiger partial charge in [0.05, 0.1) is 0 Å². The number of aryl methyl sites for hydroxylation is 1. The van der Waals surface area contributed by atoms with Crippen molar-refractivity contribution >= 4 is 17.3 Å². The van der Waals surface area contributed by atoms with Crippen LogP contribution in [0.15, 0.2) is 42.5 Å². The molecule has 0 spiro atoms. The first-order valence-electron chi connectivity index (χ1n) is 6.61. The molecule has 0 bridgehead atoms. The predicted octanol–water partition coefficient (Wildman–Crippen LogP) is 3.64. The molecule has 0 radical (unpaired) electrons. The number of hydrogen-bond acceptors (Lipinski definition) is 3. The highest BCUT2D eigenvalue weighted by molar-refractivity contribution is 6.30. The molecule has 0 aliphatic rings. The molecule has 3 nitrogen and oxygen atoms in total. The average Bonchev–Trinajstić information content (AvgIpc) is 2.47. The summed E-state index contributed by atoms with van der Waals surface area (Å²) in [5.41, 5.74) is 1.93. The van der Waals surface area contributed by atoms with Gasteiger partial charge in [0.2, 0.25) is 0 Å². The van der Waals surface area contributed by atoms with E-state index in [1.807, 2.05) is 25.1 Å². The molecule has 5 heteroatoms. The summed E-state index contributed by atoms with van der Waals surface area (Å²) >= 11 is 5.93. The molecule has 2 N–H and O–H groups in total. The van der Waals surface area contributed by atoms with Gasteiger partial charge in [0, 0.05) is 17.3 Å². The quantitative estimate of drug-likeness (QED) is 0.856. The van der Waals surface area contributed by atoms with E-state index in [0.29, 0.717) is 17.3 Å². The maximum absolute atomic E-state index is 12.7. The van der Waals surface area contributed by atoms with Gasteiger partial charge in [0.1, 0.15) is 24.3 Å². The molecule has 2 aromatic rings. The van der Waals surface area contributed by atoms with Crippen LogP contribution in [0.2, 0.25) is 5.02 Å². The molecule has 2 rings (SSSR count). The van der Waals surface area contributed by atoms with Crippen LogP contribution in [0.4, 0.5) is 10.1 Å². The molecule has 1 unspecified atom stereocenters. The van der Waals surface area contributed by atoms with Crippen molar-refractivity contribution in [3.05, 3.63) is 58.9 Å². The van der Waals surface area contributed by atoms with Gasteiger partial charge in [-0.25, -0.2) is 4.39 Å². The Labute approximate surface area is 128 Å². The topological polar surface area (TPSA) is 41.5 Å². The highest BCUT2D eigenvalue weighted by atomic mass is 35.5. The standard InChI is InChI=1S/C16H17ClFNO2/c1-11-2-3-12(17)8-16(11)19-9-14(20)10-21-15-6-4-13(18)5-7-15/h2-8,14,19-20H,9-10H2,1H3. The molecule has 1 atom stereocenters. The second-order valence-electron chi connectivity index (χ2n) is 4.76. The first-order chi connectivity index (χ1) is 10.0. The first-order valence-corrected chi connectivity index (χ1v) is 6.99. The smallest absolute Gasteiger partial charge is 0.123 e. The zero-order chi connectivity index (χ0) is 15.2. The highest BCUT2D eigenvalue weighted by Gasteiger charge is 2.07. The predicted molar refractivity (Wildman–Crippen MR) is 82.6 cm³/mol. The Morgan fingerprint density at radius 2 is 1.95 bits per heavy atom. The summed E-state index contributed by atoms with van der Waals surface area (Å²) in [5, 5.41) is 13.7. The third-order valence-corrected chi connectivity index (χ3v) is 3.22. The van der Waals surface area contributed by atoms with E-state index < -0.39 is 6.10 Å². The fourth-order valence-electron chi connectivity index (χ4n) is 1.79. The van der Waals surface area contributed by atoms with Gasteiger partial charge < -0.3 is 15.2 Å². The normalized spacial score (nSPS) is 12.0. The van der Waals surface area contributed by atoms with Crippen molar-refractivity contribution in [1.29, 1.82) is 0 Å². The number of aliphatic hydroxyl groups excluding tert-OH is 1. The molecule has 2 aromatic carbocycles. The summed E-state index contributed by atoms with van der Waals surface area (Å²) < 4.78 is 18.1. The molecule has 0 amide bonds. The van der Waals surface area contributed by atoms with Crippen molar-refractivity contribution in [3.63, 3.8) is 0 Å². The monoisotopic (exact) mass is 309 g/mol. The molecule has 112 valence electrons. The fraction of sp³-hybridized carbons (Fsp3) is 0.250. The van der Waals surface area contributed by atoms with Crippen LogP contribution in [0.1, 0.15) is 5.56 Å². The number of rotatable bonds is 6. The second kappa shape index (κ2) is 7.29. The summed E-state index contributed by atoms with van der Waals surface area (Å²) in [6, 6.07) is 11.2. The van der Waals surface area contributed by atoms with E-state index in [1.54, 1.807) is 0 Å². The van der Waals surface area contributed by atoms with Crippen molar-refractivity contribution in [3.8, 4) is 5.75 Å². The van der Waals surface area contributed by atoms with E-state index in [1.165, 1.54) is 24.3 Å². The fourth-order valence-corrected chi connectivity index (χ4v) is 1.97. The Kier molecular flexibility index (Phi) is 5.42. The molecule has 21 heavy (non-hydrogen) atoms. The van der Waals surface area contributed by atoms with E-state index in [9.17, 15) is 9.50 Å². The Morgan fingerprint density at radius 1 is 1.24 bits per heavy atom. The van der Waals surface area contributed by atoms with Crippen LogP contribution >= 0.6 is 11.6 Å². The number of halogens is 2. The largest absolute Gasteiger partial charge is 0.491 e. The Morgan fingerprint density at radius 3 is 2.67 bits per heavy atom. The van der Waals surface area contributed by atoms with Crippen molar-refractivity contribution < 1.29 is 14.2 Å². The van der Waals surface area contributed by atoms with Gasteiger partial charge in [-0.2, -0.15) is 0 Å². The SMILES string of the molecule is Cc1ccc(Cl)cc1NCC(O)COc1ccc(F)cc1. The third-order valence-electron chi connectivity index (χ3n) is 2.98. The molecule has 0 saturated carbocycles. The Balaban J connectivity index is 1.80. The van der Waals surface area contributed by atoms with Crippen LogP contribution in [-0.2, 0) is 0 Å². The summed E-state index contributed by atoms with van der Waals surface area (Å²) in [4.78, 5) is 0. The lowest BCUT2D eigenvalue weighted by atomic mass is 10.2. The molecule has 0 aliphatic carbocycles. The zero-order valence-corrected chi connectivity index (χ0v) is 12.4. The van der Waals surface area contributed by atoms with Gasteiger partial charge in [0.25, 0.3) is 0 Å². The van der Waals surface area contributed by atoms with Gasteiger partial charge in [-0.1, -0.05) is 17.7 Å². The Hall–Kier alpha value is -1.78. The van der Waals surface area contributed by atoms with E-state index >= 15 is 0 Å². The minimum atomic E-state index is -0.687. The van der Waals surface area contributed by atoms with Crippen molar-refractivity contribution in [2.24, 2.45) is 0 Å². The molecular weight excluding hydrogens is 293 g/mol. The van der Waals surface area contributed by atoms with Crippen LogP contribution in [0.25, 0.3) is 0 Å². The number of hydrogen-bond donors (Lipinski definition) is 2. The third kappa shape index (κ3) is 4.92. The van der Waals surface area contributed by atoms with Crippen LogP contribution in [0, 0.1) is 12.7 Å². The molecular formula is C16H17ClFNO2. The molecule has 0 fully saturated rings. The van der Waals surface area contributed by atoms with Gasteiger partial charge in [0.15, 0.2) is 0 Å². The summed E-state index contributed by atoms with van der Waals surface area (Å²) in [6.45, 7) is 2.42. The second-order valence-corrected chi connectivity index (χ2v) is 5.20. The van der Waals surface area contributed by atoms with E-state index in [4.69, 9.17) is 16.3 Å². The number of benzene rings is 2. The van der Waals surface area contributed by atoms with E-state index in [2.05, 4.69) is 5.32 Å². The van der Waals surface area contributed by atoms with Crippen LogP contribution < -0.4 is 10.1 Å². The minimum absolute atomic E-state index is 0.123. The van der Waals surface area contributed by atoms with E-state index in [-0.39, 0.29) is 12.4 Å². The average molecular weight is 310 g/mol. The van der Waals surface area contributed by atoms with Gasteiger partial charge in [-0.05, 0) is 48.9 Å². The zero-order valence-electron chi connectivity index (χ0n) is 11.6. The minimum Gasteiger partial charge on any atom is -0.491 e. The van der Waals surface area contributed by atoms with Gasteiger partial charge >= 0.3 is 0 Å². The van der Waals surface area contributed by atoms with Crippen LogP contribution in [0.3, 0.4) is 0 Å². The molecule has 0 heterocycles. The molecule has 0 aliphatic heterocycles. The molecule has 0 aromatic heterocycles. The maximum Gasteiger partial charge on any atom is 0.123 e. The van der Waals surface area contributed by atoms with Crippen molar-refractivity contribution in [2.75, 3.05) is 18.5 Å². The van der Waals surface area contributed by atoms with Crippen LogP contribution in [-0.4, -0.2) is 24.4 Å². The summed E-state index contributed by atoms with van der Waals surface area (Å²) in [6.07, 6.45) is -0.687.